The Morgan fingerprint density at radius 3 is 2.84 bits per heavy atom. The van der Waals surface area contributed by atoms with E-state index in [1.807, 2.05) is 0 Å². The van der Waals surface area contributed by atoms with Crippen molar-refractivity contribution in [2.45, 2.75) is 70.8 Å². The highest BCUT2D eigenvalue weighted by Crippen LogP contribution is 2.43. The van der Waals surface area contributed by atoms with Crippen molar-refractivity contribution in [3.8, 4) is 0 Å². The van der Waals surface area contributed by atoms with Crippen molar-refractivity contribution in [3.63, 3.8) is 0 Å². The van der Waals surface area contributed by atoms with Gasteiger partial charge >= 0.3 is 0 Å². The molecule has 0 bridgehead atoms. The van der Waals surface area contributed by atoms with Gasteiger partial charge in [0.2, 0.25) is 0 Å². The van der Waals surface area contributed by atoms with E-state index < -0.39 is 0 Å². The summed E-state index contributed by atoms with van der Waals surface area (Å²) in [5.41, 5.74) is 1.87. The lowest BCUT2D eigenvalue weighted by molar-refractivity contribution is -0.0869. The van der Waals surface area contributed by atoms with E-state index >= 15 is 0 Å². The Hall–Kier alpha value is -0.340. The van der Waals surface area contributed by atoms with Crippen LogP contribution in [0.2, 0.25) is 0 Å². The van der Waals surface area contributed by atoms with Gasteiger partial charge in [-0.1, -0.05) is 31.4 Å². The van der Waals surface area contributed by atoms with Gasteiger partial charge in [-0.15, -0.1) is 0 Å². The van der Waals surface area contributed by atoms with Crippen molar-refractivity contribution in [2.75, 3.05) is 19.7 Å². The van der Waals surface area contributed by atoms with Crippen LogP contribution in [0.4, 0.5) is 0 Å². The van der Waals surface area contributed by atoms with Gasteiger partial charge < -0.3 is 10.1 Å². The molecule has 1 unspecified atom stereocenters. The van der Waals surface area contributed by atoms with Crippen LogP contribution >= 0.6 is 0 Å². The van der Waals surface area contributed by atoms with E-state index in [-0.39, 0.29) is 5.60 Å². The van der Waals surface area contributed by atoms with Crippen LogP contribution in [0.1, 0.15) is 65.2 Å². The van der Waals surface area contributed by atoms with Gasteiger partial charge in [0, 0.05) is 6.61 Å². The lowest BCUT2D eigenvalue weighted by atomic mass is 9.81. The fourth-order valence-corrected chi connectivity index (χ4v) is 3.65. The average molecular weight is 265 g/mol. The number of ether oxygens (including phenoxy) is 1. The summed E-state index contributed by atoms with van der Waals surface area (Å²) in [6.07, 6.45) is 12.7. The van der Waals surface area contributed by atoms with Crippen molar-refractivity contribution in [1.82, 2.24) is 5.32 Å². The van der Waals surface area contributed by atoms with Gasteiger partial charge in [0.15, 0.2) is 0 Å². The molecule has 0 aromatic carbocycles. The molecule has 0 amide bonds. The van der Waals surface area contributed by atoms with E-state index in [0.29, 0.717) is 0 Å². The lowest BCUT2D eigenvalue weighted by Crippen LogP contribution is -2.37. The summed E-state index contributed by atoms with van der Waals surface area (Å²) in [5.74, 6) is 0.776. The van der Waals surface area contributed by atoms with Gasteiger partial charge in [0.05, 0.1) is 5.60 Å². The maximum absolute atomic E-state index is 6.12. The number of nitrogens with one attached hydrogen (secondary N) is 1. The Bertz CT molecular complexity index is 292. The first-order valence-electron chi connectivity index (χ1n) is 8.27. The first-order valence-corrected chi connectivity index (χ1v) is 8.27. The SMILES string of the molecule is CCCNCCC=C(C)C1CCOC2(CCCC2)C1. The van der Waals surface area contributed by atoms with Gasteiger partial charge in [-0.05, 0) is 64.5 Å². The molecular weight excluding hydrogens is 234 g/mol. The molecule has 1 spiro atoms. The zero-order chi connectivity index (χ0) is 13.6. The molecular formula is C17H31NO. The molecule has 1 heterocycles. The van der Waals surface area contributed by atoms with Crippen LogP contribution in [-0.2, 0) is 4.74 Å². The van der Waals surface area contributed by atoms with Gasteiger partial charge in [-0.3, -0.25) is 0 Å². The van der Waals surface area contributed by atoms with Crippen LogP contribution in [0.15, 0.2) is 11.6 Å². The van der Waals surface area contributed by atoms with Crippen molar-refractivity contribution in [3.05, 3.63) is 11.6 Å². The average Bonchev–Trinajstić information content (AvgIpc) is 2.86. The Kier molecular flexibility index (Phi) is 5.90. The van der Waals surface area contributed by atoms with Crippen molar-refractivity contribution in [1.29, 1.82) is 0 Å². The first kappa shape index (κ1) is 15.1. The lowest BCUT2D eigenvalue weighted by Gasteiger charge is -2.38. The second-order valence-electron chi connectivity index (χ2n) is 6.42. The zero-order valence-corrected chi connectivity index (χ0v) is 12.8. The first-order chi connectivity index (χ1) is 9.26. The molecule has 2 nitrogen and oxygen atoms in total. The van der Waals surface area contributed by atoms with Crippen molar-refractivity contribution in [2.24, 2.45) is 5.92 Å². The fraction of sp³-hybridized carbons (Fsp3) is 0.882. The molecule has 1 saturated heterocycles. The minimum absolute atomic E-state index is 0.262. The van der Waals surface area contributed by atoms with Crippen molar-refractivity contribution < 1.29 is 4.74 Å². The Labute approximate surface area is 119 Å². The Morgan fingerprint density at radius 2 is 2.11 bits per heavy atom. The Balaban J connectivity index is 1.78. The number of rotatable bonds is 6. The van der Waals surface area contributed by atoms with Gasteiger partial charge in [0.1, 0.15) is 0 Å². The minimum Gasteiger partial charge on any atom is -0.375 e. The van der Waals surface area contributed by atoms with Crippen LogP contribution in [-0.4, -0.2) is 25.3 Å². The molecule has 19 heavy (non-hydrogen) atoms. The van der Waals surface area contributed by atoms with E-state index in [1.54, 1.807) is 5.57 Å². The summed E-state index contributed by atoms with van der Waals surface area (Å²) in [7, 11) is 0. The highest BCUT2D eigenvalue weighted by Gasteiger charge is 2.39. The third-order valence-electron chi connectivity index (χ3n) is 4.87. The number of hydrogen-bond acceptors (Lipinski definition) is 2. The van der Waals surface area contributed by atoms with E-state index in [2.05, 4.69) is 25.2 Å². The zero-order valence-electron chi connectivity index (χ0n) is 12.8. The predicted molar refractivity (Wildman–Crippen MR) is 81.4 cm³/mol. The summed E-state index contributed by atoms with van der Waals surface area (Å²) in [5, 5.41) is 3.47. The topological polar surface area (TPSA) is 21.3 Å². The van der Waals surface area contributed by atoms with Crippen LogP contribution < -0.4 is 5.32 Å². The summed E-state index contributed by atoms with van der Waals surface area (Å²) in [4.78, 5) is 0. The summed E-state index contributed by atoms with van der Waals surface area (Å²) in [6.45, 7) is 7.80. The van der Waals surface area contributed by atoms with Gasteiger partial charge in [-0.2, -0.15) is 0 Å². The normalized spacial score (nSPS) is 27.1. The third-order valence-corrected chi connectivity index (χ3v) is 4.87. The second kappa shape index (κ2) is 7.44. The molecule has 0 aromatic heterocycles. The highest BCUT2D eigenvalue weighted by atomic mass is 16.5. The van der Waals surface area contributed by atoms with Crippen LogP contribution in [0, 0.1) is 5.92 Å². The molecule has 0 radical (unpaired) electrons. The maximum atomic E-state index is 6.12. The van der Waals surface area contributed by atoms with Gasteiger partial charge in [0.25, 0.3) is 0 Å². The monoisotopic (exact) mass is 265 g/mol. The molecule has 2 fully saturated rings. The largest absolute Gasteiger partial charge is 0.375 e. The summed E-state index contributed by atoms with van der Waals surface area (Å²) >= 11 is 0. The molecule has 2 rings (SSSR count). The molecule has 0 aromatic rings. The number of allylic oxidation sites excluding steroid dienone is 1. The van der Waals surface area contributed by atoms with E-state index in [0.717, 1.165) is 25.6 Å². The van der Waals surface area contributed by atoms with Crippen molar-refractivity contribution >= 4 is 0 Å². The molecule has 2 heteroatoms. The maximum Gasteiger partial charge on any atom is 0.0688 e. The highest BCUT2D eigenvalue weighted by molar-refractivity contribution is 5.08. The van der Waals surface area contributed by atoms with E-state index in [4.69, 9.17) is 4.74 Å². The van der Waals surface area contributed by atoms with Crippen LogP contribution in [0.3, 0.4) is 0 Å². The molecule has 1 aliphatic carbocycles. The smallest absolute Gasteiger partial charge is 0.0688 e. The minimum atomic E-state index is 0.262. The fourth-order valence-electron chi connectivity index (χ4n) is 3.65. The number of hydrogen-bond donors (Lipinski definition) is 1. The third kappa shape index (κ3) is 4.32. The molecule has 1 aliphatic heterocycles. The molecule has 1 atom stereocenters. The summed E-state index contributed by atoms with van der Waals surface area (Å²) in [6, 6.07) is 0. The van der Waals surface area contributed by atoms with Gasteiger partial charge in [-0.25, -0.2) is 0 Å². The second-order valence-corrected chi connectivity index (χ2v) is 6.42. The molecule has 2 aliphatic rings. The molecule has 1 N–H and O–H groups in total. The summed E-state index contributed by atoms with van der Waals surface area (Å²) < 4.78 is 6.12. The van der Waals surface area contributed by atoms with Crippen LogP contribution in [0.25, 0.3) is 0 Å². The standard InChI is InChI=1S/C17H31NO/c1-3-11-18-12-6-7-15(2)16-8-13-19-17(14-16)9-4-5-10-17/h7,16,18H,3-6,8-14H2,1-2H3. The quantitative estimate of drug-likeness (QED) is 0.577. The predicted octanol–water partition coefficient (Wildman–Crippen LogP) is 4.06. The van der Waals surface area contributed by atoms with E-state index in [1.165, 1.54) is 51.4 Å². The molecule has 1 saturated carbocycles. The van der Waals surface area contributed by atoms with Crippen LogP contribution in [0.5, 0.6) is 0 Å². The van der Waals surface area contributed by atoms with E-state index in [9.17, 15) is 0 Å². The Morgan fingerprint density at radius 1 is 1.32 bits per heavy atom. The molecule has 110 valence electrons.